The Morgan fingerprint density at radius 1 is 1.17 bits per heavy atom. The van der Waals surface area contributed by atoms with Crippen LogP contribution in [0.3, 0.4) is 0 Å². The van der Waals surface area contributed by atoms with E-state index in [9.17, 15) is 15.0 Å². The van der Waals surface area contributed by atoms with Gasteiger partial charge in [0.1, 0.15) is 6.10 Å². The van der Waals surface area contributed by atoms with Gasteiger partial charge in [-0.1, -0.05) is 23.7 Å². The third-order valence-electron chi connectivity index (χ3n) is 7.75. The van der Waals surface area contributed by atoms with Crippen molar-refractivity contribution in [2.75, 3.05) is 18.0 Å². The van der Waals surface area contributed by atoms with Gasteiger partial charge in [-0.3, -0.25) is 4.79 Å². The first kappa shape index (κ1) is 23.9. The van der Waals surface area contributed by atoms with E-state index >= 15 is 0 Å². The third-order valence-corrected chi connectivity index (χ3v) is 8.04. The van der Waals surface area contributed by atoms with Crippen LogP contribution >= 0.6 is 11.6 Å². The minimum atomic E-state index is -1.26. The van der Waals surface area contributed by atoms with Crippen LogP contribution in [0.2, 0.25) is 5.02 Å². The lowest BCUT2D eigenvalue weighted by atomic mass is 9.66. The highest BCUT2D eigenvalue weighted by Crippen LogP contribution is 2.43. The van der Waals surface area contributed by atoms with E-state index in [2.05, 4.69) is 32.0 Å². The van der Waals surface area contributed by atoms with Crippen molar-refractivity contribution in [2.24, 2.45) is 5.41 Å². The van der Waals surface area contributed by atoms with E-state index in [0.29, 0.717) is 53.6 Å². The van der Waals surface area contributed by atoms with E-state index in [1.54, 1.807) is 13.8 Å². The van der Waals surface area contributed by atoms with Crippen LogP contribution in [0, 0.1) is 5.41 Å². The van der Waals surface area contributed by atoms with Gasteiger partial charge in [-0.15, -0.1) is 0 Å². The van der Waals surface area contributed by atoms with Crippen LogP contribution in [0.5, 0.6) is 6.01 Å². The van der Waals surface area contributed by atoms with Crippen molar-refractivity contribution in [2.45, 2.75) is 64.1 Å². The van der Waals surface area contributed by atoms with Gasteiger partial charge < -0.3 is 24.8 Å². The van der Waals surface area contributed by atoms with Gasteiger partial charge >= 0.3 is 5.97 Å². The Morgan fingerprint density at radius 2 is 1.83 bits per heavy atom. The van der Waals surface area contributed by atoms with Crippen molar-refractivity contribution in [3.8, 4) is 17.3 Å². The molecular formula is C26H31ClN4O4. The number of aliphatic hydroxyl groups is 1. The first-order chi connectivity index (χ1) is 16.7. The summed E-state index contributed by atoms with van der Waals surface area (Å²) in [6, 6.07) is 10.5. The molecule has 3 aromatic rings. The quantitative estimate of drug-likeness (QED) is 0.436. The molecule has 9 heteroatoms. The van der Waals surface area contributed by atoms with Crippen molar-refractivity contribution in [3.63, 3.8) is 0 Å². The zero-order valence-corrected chi connectivity index (χ0v) is 20.8. The molecule has 1 aliphatic carbocycles. The van der Waals surface area contributed by atoms with Crippen LogP contribution in [0.15, 0.2) is 30.3 Å². The van der Waals surface area contributed by atoms with Gasteiger partial charge in [0.05, 0.1) is 27.2 Å². The number of aliphatic carboxylic acids is 1. The fourth-order valence-corrected chi connectivity index (χ4v) is 5.39. The van der Waals surface area contributed by atoms with Gasteiger partial charge in [-0.05, 0) is 70.6 Å². The SMILES string of the molecule is CC(C)(C(=O)O)C1(O)CCC(Oc2nc3nc(-c4ccc(N5CCCC5)cc4)c(Cl)cc3[nH]2)CC1. The molecule has 3 N–H and O–H groups in total. The van der Waals surface area contributed by atoms with Gasteiger partial charge in [0, 0.05) is 24.3 Å². The molecule has 186 valence electrons. The zero-order chi connectivity index (χ0) is 24.8. The number of carboxylic acid groups (broad SMARTS) is 1. The van der Waals surface area contributed by atoms with Crippen LogP contribution in [-0.2, 0) is 4.79 Å². The van der Waals surface area contributed by atoms with Crippen LogP contribution in [-0.4, -0.2) is 55.9 Å². The fourth-order valence-electron chi connectivity index (χ4n) is 5.13. The smallest absolute Gasteiger partial charge is 0.312 e. The predicted octanol–water partition coefficient (Wildman–Crippen LogP) is 5.04. The molecule has 2 aliphatic rings. The first-order valence-corrected chi connectivity index (χ1v) is 12.6. The Bertz CT molecular complexity index is 1230. The number of fused-ring (bicyclic) bond motifs is 1. The second-order valence-corrected chi connectivity index (χ2v) is 10.7. The van der Waals surface area contributed by atoms with Crippen molar-refractivity contribution in [1.29, 1.82) is 0 Å². The van der Waals surface area contributed by atoms with Gasteiger partial charge in [-0.25, -0.2) is 4.98 Å². The van der Waals surface area contributed by atoms with Gasteiger partial charge in [0.25, 0.3) is 6.01 Å². The van der Waals surface area contributed by atoms with Crippen LogP contribution in [0.1, 0.15) is 52.4 Å². The van der Waals surface area contributed by atoms with E-state index in [1.165, 1.54) is 18.5 Å². The molecular weight excluding hydrogens is 468 g/mol. The monoisotopic (exact) mass is 498 g/mol. The molecule has 1 saturated heterocycles. The average molecular weight is 499 g/mol. The highest BCUT2D eigenvalue weighted by molar-refractivity contribution is 6.33. The maximum atomic E-state index is 11.6. The van der Waals surface area contributed by atoms with Crippen LogP contribution in [0.25, 0.3) is 22.4 Å². The minimum absolute atomic E-state index is 0.173. The molecule has 0 radical (unpaired) electrons. The summed E-state index contributed by atoms with van der Waals surface area (Å²) in [5.41, 5.74) is 1.53. The molecule has 5 rings (SSSR count). The number of benzene rings is 1. The number of ether oxygens (including phenoxy) is 1. The third kappa shape index (κ3) is 4.45. The summed E-state index contributed by atoms with van der Waals surface area (Å²) in [5, 5.41) is 21.0. The highest BCUT2D eigenvalue weighted by Gasteiger charge is 2.50. The number of nitrogens with zero attached hydrogens (tertiary/aromatic N) is 3. The topological polar surface area (TPSA) is 112 Å². The summed E-state index contributed by atoms with van der Waals surface area (Å²) in [7, 11) is 0. The second kappa shape index (κ2) is 8.99. The van der Waals surface area contributed by atoms with Crippen molar-refractivity contribution >= 4 is 34.4 Å². The maximum absolute atomic E-state index is 11.6. The van der Waals surface area contributed by atoms with Crippen molar-refractivity contribution < 1.29 is 19.7 Å². The number of pyridine rings is 1. The summed E-state index contributed by atoms with van der Waals surface area (Å²) in [4.78, 5) is 26.3. The number of anilines is 1. The number of imidazole rings is 1. The highest BCUT2D eigenvalue weighted by atomic mass is 35.5. The Hall–Kier alpha value is -2.84. The van der Waals surface area contributed by atoms with E-state index < -0.39 is 17.0 Å². The largest absolute Gasteiger partial charge is 0.481 e. The van der Waals surface area contributed by atoms with E-state index in [4.69, 9.17) is 16.3 Å². The van der Waals surface area contributed by atoms with Crippen LogP contribution < -0.4 is 9.64 Å². The Morgan fingerprint density at radius 3 is 2.46 bits per heavy atom. The number of aromatic amines is 1. The molecule has 1 aromatic carbocycles. The lowest BCUT2D eigenvalue weighted by molar-refractivity contribution is -0.171. The second-order valence-electron chi connectivity index (χ2n) is 10.3. The summed E-state index contributed by atoms with van der Waals surface area (Å²) < 4.78 is 6.05. The lowest BCUT2D eigenvalue weighted by Crippen LogP contribution is -2.52. The summed E-state index contributed by atoms with van der Waals surface area (Å²) in [6.07, 6.45) is 4.06. The summed E-state index contributed by atoms with van der Waals surface area (Å²) in [5.74, 6) is -0.999. The summed E-state index contributed by atoms with van der Waals surface area (Å²) >= 11 is 6.57. The Balaban J connectivity index is 1.30. The first-order valence-electron chi connectivity index (χ1n) is 12.2. The number of nitrogens with one attached hydrogen (secondary N) is 1. The molecule has 0 bridgehead atoms. The number of rotatable bonds is 6. The normalized spacial score (nSPS) is 23.1. The molecule has 35 heavy (non-hydrogen) atoms. The number of aromatic nitrogens is 3. The molecule has 0 unspecified atom stereocenters. The van der Waals surface area contributed by atoms with Gasteiger partial charge in [-0.2, -0.15) is 4.98 Å². The number of hydrogen-bond acceptors (Lipinski definition) is 6. The molecule has 2 aromatic heterocycles. The number of halogens is 1. The number of hydrogen-bond donors (Lipinski definition) is 3. The molecule has 0 spiro atoms. The predicted molar refractivity (Wildman–Crippen MR) is 135 cm³/mol. The molecule has 1 saturated carbocycles. The standard InChI is InChI=1S/C26H31ClN4O4/c1-25(2,23(32)33)26(34)11-9-18(10-12-26)35-24-28-20-15-19(27)21(29-22(20)30-24)16-5-7-17(8-6-16)31-13-3-4-14-31/h5-8,15,18,34H,3-4,9-14H2,1-2H3,(H,32,33)(H,28,29,30). The lowest BCUT2D eigenvalue weighted by Gasteiger charge is -2.44. The minimum Gasteiger partial charge on any atom is -0.481 e. The van der Waals surface area contributed by atoms with E-state index in [0.717, 1.165) is 18.7 Å². The van der Waals surface area contributed by atoms with Crippen molar-refractivity contribution in [1.82, 2.24) is 15.0 Å². The number of carboxylic acids is 1. The fraction of sp³-hybridized carbons (Fsp3) is 0.500. The summed E-state index contributed by atoms with van der Waals surface area (Å²) in [6.45, 7) is 5.33. The van der Waals surface area contributed by atoms with E-state index in [1.807, 2.05) is 18.2 Å². The Kier molecular flexibility index (Phi) is 6.13. The number of H-pyrrole nitrogens is 1. The van der Waals surface area contributed by atoms with Gasteiger partial charge in [0.2, 0.25) is 0 Å². The number of carbonyl (C=O) groups is 1. The molecule has 8 nitrogen and oxygen atoms in total. The average Bonchev–Trinajstić information content (AvgIpc) is 3.50. The molecule has 0 atom stereocenters. The molecule has 3 heterocycles. The van der Waals surface area contributed by atoms with E-state index in [-0.39, 0.29) is 6.10 Å². The van der Waals surface area contributed by atoms with Crippen molar-refractivity contribution in [3.05, 3.63) is 35.4 Å². The molecule has 0 amide bonds. The zero-order valence-electron chi connectivity index (χ0n) is 20.1. The Labute approximate surface area is 209 Å². The van der Waals surface area contributed by atoms with Crippen LogP contribution in [0.4, 0.5) is 5.69 Å². The molecule has 1 aliphatic heterocycles. The van der Waals surface area contributed by atoms with Gasteiger partial charge in [0.15, 0.2) is 5.65 Å². The molecule has 2 fully saturated rings. The maximum Gasteiger partial charge on any atom is 0.312 e.